The number of nitrogens with zero attached hydrogens (tertiary/aromatic N) is 1. The van der Waals surface area contributed by atoms with Gasteiger partial charge in [0, 0.05) is 47.2 Å². The summed E-state index contributed by atoms with van der Waals surface area (Å²) in [6.07, 6.45) is 0. The van der Waals surface area contributed by atoms with Crippen molar-refractivity contribution in [3.05, 3.63) is 139 Å². The monoisotopic (exact) mass is 560 g/mol. The second-order valence-electron chi connectivity index (χ2n) is 10.6. The van der Waals surface area contributed by atoms with Gasteiger partial charge in [0.25, 0.3) is 0 Å². The Hall–Kier alpha value is -4.51. The lowest BCUT2D eigenvalue weighted by atomic mass is 10.0. The molecule has 9 rings (SSSR count). The maximum absolute atomic E-state index is 3.82. The summed E-state index contributed by atoms with van der Waals surface area (Å²) in [4.78, 5) is 1.36. The molecular weight excluding hydrogens is 537 g/mol. The molecule has 1 atom stereocenters. The zero-order valence-electron chi connectivity index (χ0n) is 22.0. The van der Waals surface area contributed by atoms with E-state index in [1.807, 2.05) is 23.1 Å². The lowest BCUT2D eigenvalue weighted by Crippen LogP contribution is -2.01. The Morgan fingerprint density at radius 2 is 1.24 bits per heavy atom. The Labute approximate surface area is 245 Å². The van der Waals surface area contributed by atoms with Gasteiger partial charge in [-0.25, -0.2) is 0 Å². The normalized spacial score (nSPS) is 14.7. The molecule has 0 fully saturated rings. The molecule has 0 spiro atoms. The lowest BCUT2D eigenvalue weighted by molar-refractivity contribution is 1.12. The second kappa shape index (κ2) is 9.00. The Morgan fingerprint density at radius 3 is 2.00 bits per heavy atom. The van der Waals surface area contributed by atoms with E-state index in [2.05, 4.69) is 143 Å². The highest BCUT2D eigenvalue weighted by atomic mass is 32.2. The predicted molar refractivity (Wildman–Crippen MR) is 178 cm³/mol. The summed E-state index contributed by atoms with van der Waals surface area (Å²) in [6, 6.07) is 48.6. The van der Waals surface area contributed by atoms with Crippen LogP contribution >= 0.6 is 23.1 Å². The van der Waals surface area contributed by atoms with Gasteiger partial charge >= 0.3 is 0 Å². The van der Waals surface area contributed by atoms with Gasteiger partial charge in [0.15, 0.2) is 0 Å². The van der Waals surface area contributed by atoms with Crippen molar-refractivity contribution >= 4 is 70.8 Å². The number of anilines is 1. The van der Waals surface area contributed by atoms with Crippen LogP contribution in [0.5, 0.6) is 0 Å². The Kier molecular flexibility index (Phi) is 5.10. The van der Waals surface area contributed by atoms with E-state index >= 15 is 0 Å². The SMILES string of the molecule is c1ccc(-c2ccc3sc4ccc5c(c4c3c2)SC(c2ccc(-n3c4ccccc4c4ccccc43)cc2)N5)cc1. The number of fused-ring (bicyclic) bond motifs is 8. The van der Waals surface area contributed by atoms with Crippen LogP contribution in [0.15, 0.2) is 138 Å². The number of nitrogens with one attached hydrogen (secondary N) is 1. The fraction of sp³-hybridized carbons (Fsp3) is 0.0270. The standard InChI is InChI=1S/C37H24N2S2/c1-2-8-23(9-3-1)25-16-20-33-29(22-25)35-34(40-33)21-19-30-36(35)41-37(38-30)24-14-17-26(18-15-24)39-31-12-6-4-10-27(31)28-11-5-7-13-32(28)39/h1-22,37-38H. The molecule has 2 aromatic heterocycles. The molecule has 3 heterocycles. The van der Waals surface area contributed by atoms with Gasteiger partial charge in [0.1, 0.15) is 5.37 Å². The molecule has 0 bridgehead atoms. The molecular formula is C37H24N2S2. The summed E-state index contributed by atoms with van der Waals surface area (Å²) in [6.45, 7) is 0. The van der Waals surface area contributed by atoms with Gasteiger partial charge in [-0.1, -0.05) is 96.7 Å². The molecule has 2 nitrogen and oxygen atoms in total. The zero-order chi connectivity index (χ0) is 26.9. The van der Waals surface area contributed by atoms with Crippen molar-refractivity contribution in [1.82, 2.24) is 4.57 Å². The van der Waals surface area contributed by atoms with Crippen LogP contribution < -0.4 is 5.32 Å². The summed E-state index contributed by atoms with van der Waals surface area (Å²) in [5.74, 6) is 0. The van der Waals surface area contributed by atoms with Gasteiger partial charge in [-0.15, -0.1) is 11.3 Å². The number of hydrogen-bond acceptors (Lipinski definition) is 3. The van der Waals surface area contributed by atoms with Gasteiger partial charge in [-0.05, 0) is 65.2 Å². The topological polar surface area (TPSA) is 17.0 Å². The first-order valence-electron chi connectivity index (χ1n) is 13.9. The van der Waals surface area contributed by atoms with Crippen LogP contribution in [0.4, 0.5) is 5.69 Å². The van der Waals surface area contributed by atoms with Crippen molar-refractivity contribution in [1.29, 1.82) is 0 Å². The third-order valence-corrected chi connectivity index (χ3v) is 10.7. The lowest BCUT2D eigenvalue weighted by Gasteiger charge is -2.13. The Balaban J connectivity index is 1.10. The maximum atomic E-state index is 3.82. The van der Waals surface area contributed by atoms with Crippen LogP contribution in [0, 0.1) is 0 Å². The maximum Gasteiger partial charge on any atom is 0.103 e. The summed E-state index contributed by atoms with van der Waals surface area (Å²) in [7, 11) is 0. The van der Waals surface area contributed by atoms with Crippen molar-refractivity contribution in [3.63, 3.8) is 0 Å². The first kappa shape index (κ1) is 23.2. The number of para-hydroxylation sites is 2. The highest BCUT2D eigenvalue weighted by molar-refractivity contribution is 8.00. The minimum absolute atomic E-state index is 0.176. The third-order valence-electron chi connectivity index (χ3n) is 8.25. The van der Waals surface area contributed by atoms with E-state index in [-0.39, 0.29) is 5.37 Å². The fourth-order valence-electron chi connectivity index (χ4n) is 6.32. The van der Waals surface area contributed by atoms with Gasteiger partial charge in [0.05, 0.1) is 11.0 Å². The smallest absolute Gasteiger partial charge is 0.103 e. The van der Waals surface area contributed by atoms with Crippen molar-refractivity contribution in [3.8, 4) is 16.8 Å². The molecule has 0 saturated carbocycles. The van der Waals surface area contributed by atoms with E-state index in [4.69, 9.17) is 0 Å². The first-order chi connectivity index (χ1) is 20.3. The summed E-state index contributed by atoms with van der Waals surface area (Å²) < 4.78 is 5.07. The first-order valence-corrected chi connectivity index (χ1v) is 15.6. The van der Waals surface area contributed by atoms with Crippen LogP contribution in [0.2, 0.25) is 0 Å². The zero-order valence-corrected chi connectivity index (χ0v) is 23.7. The fourth-order valence-corrected chi connectivity index (χ4v) is 8.79. The van der Waals surface area contributed by atoms with Gasteiger partial charge in [-0.2, -0.15) is 0 Å². The van der Waals surface area contributed by atoms with Crippen molar-refractivity contribution in [2.45, 2.75) is 10.3 Å². The van der Waals surface area contributed by atoms with Crippen LogP contribution in [0.25, 0.3) is 58.8 Å². The molecule has 41 heavy (non-hydrogen) atoms. The Morgan fingerprint density at radius 1 is 0.561 bits per heavy atom. The van der Waals surface area contributed by atoms with Crippen LogP contribution in [0.3, 0.4) is 0 Å². The molecule has 194 valence electrons. The predicted octanol–water partition coefficient (Wildman–Crippen LogP) is 11.0. The minimum atomic E-state index is 0.176. The van der Waals surface area contributed by atoms with Crippen LogP contribution in [0.1, 0.15) is 10.9 Å². The molecule has 0 aliphatic carbocycles. The largest absolute Gasteiger partial charge is 0.368 e. The van der Waals surface area contributed by atoms with Crippen LogP contribution in [-0.4, -0.2) is 4.57 Å². The minimum Gasteiger partial charge on any atom is -0.368 e. The van der Waals surface area contributed by atoms with Gasteiger partial charge < -0.3 is 9.88 Å². The van der Waals surface area contributed by atoms with Crippen LogP contribution in [-0.2, 0) is 0 Å². The molecule has 6 aromatic carbocycles. The average molecular weight is 561 g/mol. The number of benzene rings is 6. The quantitative estimate of drug-likeness (QED) is 0.231. The molecule has 1 aliphatic heterocycles. The number of rotatable bonds is 3. The summed E-state index contributed by atoms with van der Waals surface area (Å²) in [5, 5.41) is 9.30. The van der Waals surface area contributed by atoms with Crippen molar-refractivity contribution < 1.29 is 0 Å². The summed E-state index contributed by atoms with van der Waals surface area (Å²) >= 11 is 3.82. The average Bonchev–Trinajstić information content (AvgIpc) is 3.73. The highest BCUT2D eigenvalue weighted by Crippen LogP contribution is 2.53. The van der Waals surface area contributed by atoms with E-state index in [0.717, 1.165) is 0 Å². The van der Waals surface area contributed by atoms with Crippen molar-refractivity contribution in [2.75, 3.05) is 5.32 Å². The molecule has 4 heteroatoms. The molecule has 1 N–H and O–H groups in total. The molecule has 0 amide bonds. The van der Waals surface area contributed by atoms with Gasteiger partial charge in [-0.3, -0.25) is 0 Å². The summed E-state index contributed by atoms with van der Waals surface area (Å²) in [5.41, 5.74) is 8.70. The van der Waals surface area contributed by atoms with E-state index in [1.54, 1.807) is 0 Å². The Bertz CT molecular complexity index is 2210. The van der Waals surface area contributed by atoms with E-state index < -0.39 is 0 Å². The van der Waals surface area contributed by atoms with E-state index in [9.17, 15) is 0 Å². The van der Waals surface area contributed by atoms with E-state index in [0.29, 0.717) is 0 Å². The highest BCUT2D eigenvalue weighted by Gasteiger charge is 2.26. The third kappa shape index (κ3) is 3.58. The number of hydrogen-bond donors (Lipinski definition) is 1. The molecule has 0 radical (unpaired) electrons. The molecule has 1 unspecified atom stereocenters. The number of thioether (sulfide) groups is 1. The van der Waals surface area contributed by atoms with Gasteiger partial charge in [0.2, 0.25) is 0 Å². The number of aromatic nitrogens is 1. The molecule has 8 aromatic rings. The molecule has 1 aliphatic rings. The second-order valence-corrected chi connectivity index (χ2v) is 12.8. The van der Waals surface area contributed by atoms with Crippen molar-refractivity contribution in [2.24, 2.45) is 0 Å². The number of thiophene rings is 1. The van der Waals surface area contributed by atoms with E-state index in [1.165, 1.54) is 74.9 Å². The molecule has 0 saturated heterocycles.